The van der Waals surface area contributed by atoms with E-state index in [9.17, 15) is 4.39 Å². The lowest BCUT2D eigenvalue weighted by Crippen LogP contribution is -2.36. The second kappa shape index (κ2) is 6.68. The number of rotatable bonds is 4. The van der Waals surface area contributed by atoms with Crippen LogP contribution >= 0.6 is 11.3 Å². The number of piperidine rings is 1. The van der Waals surface area contributed by atoms with Gasteiger partial charge < -0.3 is 9.47 Å². The van der Waals surface area contributed by atoms with Crippen LogP contribution in [-0.2, 0) is 6.54 Å². The van der Waals surface area contributed by atoms with Crippen LogP contribution in [0, 0.1) is 5.82 Å². The van der Waals surface area contributed by atoms with Crippen LogP contribution in [0.4, 0.5) is 10.2 Å². The summed E-state index contributed by atoms with van der Waals surface area (Å²) in [4.78, 5) is 15.2. The molecule has 124 valence electrons. The van der Waals surface area contributed by atoms with E-state index in [0.29, 0.717) is 5.82 Å². The molecular weight excluding hydrogens is 325 g/mol. The van der Waals surface area contributed by atoms with Crippen molar-refractivity contribution in [1.82, 2.24) is 19.5 Å². The number of pyridine rings is 1. The maximum absolute atomic E-state index is 14.0. The van der Waals surface area contributed by atoms with Crippen molar-refractivity contribution in [2.24, 2.45) is 0 Å². The van der Waals surface area contributed by atoms with Crippen molar-refractivity contribution in [3.63, 3.8) is 0 Å². The highest BCUT2D eigenvalue weighted by molar-refractivity contribution is 7.07. The largest absolute Gasteiger partial charge is 0.353 e. The van der Waals surface area contributed by atoms with Gasteiger partial charge in [0.2, 0.25) is 0 Å². The van der Waals surface area contributed by atoms with Crippen molar-refractivity contribution >= 4 is 17.2 Å². The van der Waals surface area contributed by atoms with Gasteiger partial charge in [-0.2, -0.15) is 0 Å². The van der Waals surface area contributed by atoms with Crippen LogP contribution in [0.3, 0.4) is 0 Å². The Morgan fingerprint density at radius 2 is 2.21 bits per heavy atom. The zero-order valence-electron chi connectivity index (χ0n) is 13.2. The van der Waals surface area contributed by atoms with Gasteiger partial charge in [-0.3, -0.25) is 0 Å². The number of hydrogen-bond acceptors (Lipinski definition) is 5. The molecular formula is C17H18FN5S. The highest BCUT2D eigenvalue weighted by Crippen LogP contribution is 2.29. The molecule has 0 spiro atoms. The summed E-state index contributed by atoms with van der Waals surface area (Å²) in [6.07, 6.45) is 7.53. The number of imidazole rings is 1. The maximum atomic E-state index is 14.0. The summed E-state index contributed by atoms with van der Waals surface area (Å²) in [7, 11) is 0. The number of halogens is 1. The van der Waals surface area contributed by atoms with E-state index in [1.807, 2.05) is 22.8 Å². The number of aromatic nitrogens is 4. The molecule has 7 heteroatoms. The molecule has 3 aromatic heterocycles. The van der Waals surface area contributed by atoms with Gasteiger partial charge in [-0.05, 0) is 25.0 Å². The minimum absolute atomic E-state index is 0.260. The molecule has 0 radical (unpaired) electrons. The minimum atomic E-state index is -0.260. The molecule has 1 aliphatic rings. The molecule has 0 aliphatic carbocycles. The Morgan fingerprint density at radius 1 is 1.25 bits per heavy atom. The molecule has 0 aromatic carbocycles. The van der Waals surface area contributed by atoms with Gasteiger partial charge >= 0.3 is 0 Å². The molecule has 0 bridgehead atoms. The molecule has 1 atom stereocenters. The first-order valence-corrected chi connectivity index (χ1v) is 8.99. The molecule has 1 aliphatic heterocycles. The second-order valence-electron chi connectivity index (χ2n) is 5.99. The molecule has 0 N–H and O–H groups in total. The van der Waals surface area contributed by atoms with E-state index in [2.05, 4.69) is 24.9 Å². The summed E-state index contributed by atoms with van der Waals surface area (Å²) in [5.41, 5.74) is 2.89. The Hall–Kier alpha value is -2.28. The van der Waals surface area contributed by atoms with Crippen molar-refractivity contribution < 1.29 is 4.39 Å². The van der Waals surface area contributed by atoms with Gasteiger partial charge in [0, 0.05) is 43.0 Å². The summed E-state index contributed by atoms with van der Waals surface area (Å²) >= 11 is 1.60. The van der Waals surface area contributed by atoms with Gasteiger partial charge in [0.05, 0.1) is 17.7 Å². The quantitative estimate of drug-likeness (QED) is 0.729. The highest BCUT2D eigenvalue weighted by Gasteiger charge is 2.26. The molecule has 1 saturated heterocycles. The molecule has 24 heavy (non-hydrogen) atoms. The standard InChI is InChI=1S/C17H18FN5S/c18-15-4-1-5-19-17(15)22-7-2-3-13(9-22)16-20-6-8-23(16)10-14-11-24-12-21-14/h1,4-6,8,11-13H,2-3,7,9-10H2/t13-/m1/s1. The van der Waals surface area contributed by atoms with Crippen LogP contribution in [0.15, 0.2) is 41.6 Å². The Balaban J connectivity index is 1.55. The van der Waals surface area contributed by atoms with Crippen LogP contribution in [0.5, 0.6) is 0 Å². The fourth-order valence-electron chi connectivity index (χ4n) is 3.29. The van der Waals surface area contributed by atoms with Gasteiger partial charge in [0.15, 0.2) is 11.6 Å². The molecule has 4 rings (SSSR count). The van der Waals surface area contributed by atoms with E-state index in [1.54, 1.807) is 23.6 Å². The topological polar surface area (TPSA) is 46.8 Å². The summed E-state index contributed by atoms with van der Waals surface area (Å²) in [6.45, 7) is 2.30. The van der Waals surface area contributed by atoms with Crippen molar-refractivity contribution in [1.29, 1.82) is 0 Å². The third-order valence-corrected chi connectivity index (χ3v) is 5.02. The van der Waals surface area contributed by atoms with E-state index in [0.717, 1.165) is 44.0 Å². The number of anilines is 1. The van der Waals surface area contributed by atoms with Crippen LogP contribution in [-0.4, -0.2) is 32.6 Å². The average molecular weight is 343 g/mol. The molecule has 1 fully saturated rings. The van der Waals surface area contributed by atoms with Crippen LogP contribution in [0.25, 0.3) is 0 Å². The first-order valence-electron chi connectivity index (χ1n) is 8.05. The van der Waals surface area contributed by atoms with E-state index in [-0.39, 0.29) is 11.7 Å². The predicted octanol–water partition coefficient (Wildman–Crippen LogP) is 3.31. The Labute approximate surface area is 143 Å². The van der Waals surface area contributed by atoms with E-state index in [1.165, 1.54) is 6.07 Å². The maximum Gasteiger partial charge on any atom is 0.165 e. The van der Waals surface area contributed by atoms with Crippen molar-refractivity contribution in [2.45, 2.75) is 25.3 Å². The lowest BCUT2D eigenvalue weighted by Gasteiger charge is -2.33. The summed E-state index contributed by atoms with van der Waals surface area (Å²) in [5.74, 6) is 1.50. The molecule has 5 nitrogen and oxygen atoms in total. The van der Waals surface area contributed by atoms with Gasteiger partial charge in [0.25, 0.3) is 0 Å². The molecule has 0 unspecified atom stereocenters. The fraction of sp³-hybridized carbons (Fsp3) is 0.353. The molecule has 4 heterocycles. The Bertz CT molecular complexity index is 801. The van der Waals surface area contributed by atoms with Gasteiger partial charge in [-0.25, -0.2) is 19.3 Å². The third kappa shape index (κ3) is 3.03. The number of thiazole rings is 1. The minimum Gasteiger partial charge on any atom is -0.353 e. The lowest BCUT2D eigenvalue weighted by atomic mass is 9.97. The predicted molar refractivity (Wildman–Crippen MR) is 91.8 cm³/mol. The van der Waals surface area contributed by atoms with E-state index < -0.39 is 0 Å². The van der Waals surface area contributed by atoms with Crippen molar-refractivity contribution in [3.05, 3.63) is 58.9 Å². The smallest absolute Gasteiger partial charge is 0.165 e. The SMILES string of the molecule is Fc1cccnc1N1CCC[C@@H](c2nccn2Cc2cscn2)C1. The third-order valence-electron chi connectivity index (χ3n) is 4.39. The van der Waals surface area contributed by atoms with Gasteiger partial charge in [-0.15, -0.1) is 11.3 Å². The van der Waals surface area contributed by atoms with Crippen LogP contribution < -0.4 is 4.90 Å². The summed E-state index contributed by atoms with van der Waals surface area (Å²) < 4.78 is 16.2. The fourth-order valence-corrected chi connectivity index (χ4v) is 3.84. The lowest BCUT2D eigenvalue weighted by molar-refractivity contribution is 0.467. The van der Waals surface area contributed by atoms with Crippen molar-refractivity contribution in [2.75, 3.05) is 18.0 Å². The Morgan fingerprint density at radius 3 is 3.04 bits per heavy atom. The van der Waals surface area contributed by atoms with Gasteiger partial charge in [0.1, 0.15) is 5.82 Å². The van der Waals surface area contributed by atoms with Gasteiger partial charge in [-0.1, -0.05) is 0 Å². The molecule has 3 aromatic rings. The molecule has 0 saturated carbocycles. The normalized spacial score (nSPS) is 18.0. The van der Waals surface area contributed by atoms with Crippen LogP contribution in [0.1, 0.15) is 30.3 Å². The first-order chi connectivity index (χ1) is 11.8. The van der Waals surface area contributed by atoms with E-state index >= 15 is 0 Å². The van der Waals surface area contributed by atoms with E-state index in [4.69, 9.17) is 0 Å². The zero-order chi connectivity index (χ0) is 16.4. The molecule has 0 amide bonds. The second-order valence-corrected chi connectivity index (χ2v) is 6.71. The van der Waals surface area contributed by atoms with Crippen molar-refractivity contribution in [3.8, 4) is 0 Å². The summed E-state index contributed by atoms with van der Waals surface area (Å²) in [6, 6.07) is 3.09. The highest BCUT2D eigenvalue weighted by atomic mass is 32.1. The van der Waals surface area contributed by atoms with Crippen LogP contribution in [0.2, 0.25) is 0 Å². The Kier molecular flexibility index (Phi) is 4.25. The average Bonchev–Trinajstić information content (AvgIpc) is 3.28. The monoisotopic (exact) mass is 343 g/mol. The number of hydrogen-bond donors (Lipinski definition) is 0. The first kappa shape index (κ1) is 15.3. The zero-order valence-corrected chi connectivity index (χ0v) is 14.0. The summed E-state index contributed by atoms with van der Waals surface area (Å²) in [5, 5.41) is 2.06. The number of nitrogens with zero attached hydrogens (tertiary/aromatic N) is 5.